The summed E-state index contributed by atoms with van der Waals surface area (Å²) in [4.78, 5) is 12.3. The average Bonchev–Trinajstić information content (AvgIpc) is 3.37. The summed E-state index contributed by atoms with van der Waals surface area (Å²) >= 11 is 4.58. The predicted octanol–water partition coefficient (Wildman–Crippen LogP) is 5.84. The molecule has 1 aliphatic heterocycles. The van der Waals surface area contributed by atoms with E-state index in [4.69, 9.17) is 9.47 Å². The Kier molecular flexibility index (Phi) is 10.0. The summed E-state index contributed by atoms with van der Waals surface area (Å²) in [6.45, 7) is 4.59. The summed E-state index contributed by atoms with van der Waals surface area (Å²) in [7, 11) is 0. The molecule has 3 aromatic carbocycles. The lowest BCUT2D eigenvalue weighted by Gasteiger charge is -2.10. The first-order valence-corrected chi connectivity index (χ1v) is 13.2. The minimum Gasteiger partial charge on any atom is -0.377 e. The van der Waals surface area contributed by atoms with Crippen LogP contribution in [0.15, 0.2) is 99.7 Å². The number of thioether (sulfide) groups is 1. The molecular formula is C27H26BrN5O3S. The van der Waals surface area contributed by atoms with Crippen molar-refractivity contribution in [1.82, 2.24) is 14.8 Å². The van der Waals surface area contributed by atoms with Crippen molar-refractivity contribution in [3.8, 4) is 17.1 Å². The molecule has 37 heavy (non-hydrogen) atoms. The van der Waals surface area contributed by atoms with E-state index in [1.165, 1.54) is 18.7 Å². The summed E-state index contributed by atoms with van der Waals surface area (Å²) in [6, 6.07) is 27.2. The molecule has 5 rings (SSSR count). The SMILES string of the molecule is C1COCCO1.CC(=O)/C(=N\Nc1ccc(Br)cc1)Sc1nnc(-c2ccccc2)n1-c1ccccc1. The van der Waals surface area contributed by atoms with E-state index < -0.39 is 0 Å². The number of anilines is 1. The van der Waals surface area contributed by atoms with E-state index in [1.807, 2.05) is 89.5 Å². The Morgan fingerprint density at radius 3 is 2.05 bits per heavy atom. The molecule has 190 valence electrons. The van der Waals surface area contributed by atoms with Gasteiger partial charge in [-0.25, -0.2) is 0 Å². The molecule has 10 heteroatoms. The maximum atomic E-state index is 12.3. The van der Waals surface area contributed by atoms with Gasteiger partial charge in [-0.15, -0.1) is 10.2 Å². The van der Waals surface area contributed by atoms with E-state index in [-0.39, 0.29) is 10.8 Å². The van der Waals surface area contributed by atoms with E-state index in [1.54, 1.807) is 0 Å². The Morgan fingerprint density at radius 2 is 1.49 bits per heavy atom. The lowest BCUT2D eigenvalue weighted by atomic mass is 10.2. The number of nitrogens with one attached hydrogen (secondary N) is 1. The number of carbonyl (C=O) groups is 1. The number of hydrazone groups is 1. The molecule has 4 aromatic rings. The monoisotopic (exact) mass is 579 g/mol. The summed E-state index contributed by atoms with van der Waals surface area (Å²) < 4.78 is 12.8. The number of hydrogen-bond acceptors (Lipinski definition) is 8. The van der Waals surface area contributed by atoms with Crippen LogP contribution in [0.5, 0.6) is 0 Å². The number of carbonyl (C=O) groups excluding carboxylic acids is 1. The quantitative estimate of drug-likeness (QED) is 0.133. The van der Waals surface area contributed by atoms with Gasteiger partial charge in [-0.1, -0.05) is 64.5 Å². The second-order valence-electron chi connectivity index (χ2n) is 7.76. The maximum absolute atomic E-state index is 12.3. The van der Waals surface area contributed by atoms with E-state index in [9.17, 15) is 4.79 Å². The van der Waals surface area contributed by atoms with E-state index in [2.05, 4.69) is 36.7 Å². The van der Waals surface area contributed by atoms with Crippen LogP contribution in [-0.4, -0.2) is 52.0 Å². The first kappa shape index (κ1) is 26.7. The van der Waals surface area contributed by atoms with Gasteiger partial charge in [-0.05, 0) is 48.2 Å². The van der Waals surface area contributed by atoms with Crippen molar-refractivity contribution >= 4 is 44.2 Å². The van der Waals surface area contributed by atoms with Gasteiger partial charge in [0.15, 0.2) is 16.7 Å². The summed E-state index contributed by atoms with van der Waals surface area (Å²) in [5.74, 6) is 0.525. The molecule has 0 unspecified atom stereocenters. The van der Waals surface area contributed by atoms with Crippen LogP contribution in [0.4, 0.5) is 5.69 Å². The lowest BCUT2D eigenvalue weighted by molar-refractivity contribution is -0.110. The first-order chi connectivity index (χ1) is 18.1. The molecule has 8 nitrogen and oxygen atoms in total. The topological polar surface area (TPSA) is 90.6 Å². The molecule has 0 amide bonds. The Balaban J connectivity index is 0.000000469. The molecule has 0 saturated carbocycles. The summed E-state index contributed by atoms with van der Waals surface area (Å²) in [6.07, 6.45) is 0. The zero-order chi connectivity index (χ0) is 25.9. The second-order valence-corrected chi connectivity index (χ2v) is 9.63. The van der Waals surface area contributed by atoms with E-state index in [0.29, 0.717) is 11.0 Å². The fourth-order valence-electron chi connectivity index (χ4n) is 3.26. The predicted molar refractivity (Wildman–Crippen MR) is 150 cm³/mol. The van der Waals surface area contributed by atoms with E-state index in [0.717, 1.165) is 47.8 Å². The van der Waals surface area contributed by atoms with Crippen LogP contribution in [-0.2, 0) is 14.3 Å². The van der Waals surface area contributed by atoms with Gasteiger partial charge in [-0.2, -0.15) is 5.10 Å². The van der Waals surface area contributed by atoms with Gasteiger partial charge in [0.25, 0.3) is 0 Å². The Morgan fingerprint density at radius 1 is 0.892 bits per heavy atom. The molecule has 0 aliphatic carbocycles. The zero-order valence-corrected chi connectivity index (χ0v) is 22.6. The zero-order valence-electron chi connectivity index (χ0n) is 20.2. The third-order valence-corrected chi connectivity index (χ3v) is 6.59. The van der Waals surface area contributed by atoms with Gasteiger partial charge >= 0.3 is 0 Å². The van der Waals surface area contributed by atoms with Crippen LogP contribution in [0.2, 0.25) is 0 Å². The molecule has 2 heterocycles. The molecule has 1 fully saturated rings. The Labute approximate surface area is 228 Å². The van der Waals surface area contributed by atoms with Gasteiger partial charge in [0.1, 0.15) is 0 Å². The van der Waals surface area contributed by atoms with Crippen molar-refractivity contribution in [2.45, 2.75) is 12.1 Å². The number of para-hydroxylation sites is 1. The third-order valence-electron chi connectivity index (χ3n) is 5.04. The first-order valence-electron chi connectivity index (χ1n) is 11.6. The molecule has 1 saturated heterocycles. The normalized spacial score (nSPS) is 13.4. The van der Waals surface area contributed by atoms with Crippen molar-refractivity contribution in [1.29, 1.82) is 0 Å². The Hall–Kier alpha value is -3.31. The number of aromatic nitrogens is 3. The molecule has 0 bridgehead atoms. The number of benzene rings is 3. The summed E-state index contributed by atoms with van der Waals surface area (Å²) in [5, 5.41) is 13.9. The van der Waals surface area contributed by atoms with Crippen molar-refractivity contribution < 1.29 is 14.3 Å². The van der Waals surface area contributed by atoms with Gasteiger partial charge in [-0.3, -0.25) is 14.8 Å². The Bertz CT molecular complexity index is 1300. The third kappa shape index (κ3) is 7.83. The second kappa shape index (κ2) is 13.8. The number of rotatable bonds is 6. The van der Waals surface area contributed by atoms with Crippen LogP contribution in [0.25, 0.3) is 17.1 Å². The van der Waals surface area contributed by atoms with Crippen LogP contribution < -0.4 is 5.43 Å². The maximum Gasteiger partial charge on any atom is 0.202 e. The van der Waals surface area contributed by atoms with Crippen LogP contribution in [0, 0.1) is 0 Å². The van der Waals surface area contributed by atoms with Gasteiger partial charge in [0.2, 0.25) is 5.16 Å². The molecule has 1 N–H and O–H groups in total. The number of nitrogens with zero attached hydrogens (tertiary/aromatic N) is 4. The van der Waals surface area contributed by atoms with Crippen molar-refractivity contribution in [2.75, 3.05) is 31.9 Å². The highest BCUT2D eigenvalue weighted by Crippen LogP contribution is 2.29. The highest BCUT2D eigenvalue weighted by Gasteiger charge is 2.20. The molecule has 0 spiro atoms. The van der Waals surface area contributed by atoms with Crippen LogP contribution in [0.1, 0.15) is 6.92 Å². The molecular weight excluding hydrogens is 554 g/mol. The molecule has 1 aromatic heterocycles. The van der Waals surface area contributed by atoms with Crippen molar-refractivity contribution in [2.24, 2.45) is 5.10 Å². The largest absolute Gasteiger partial charge is 0.377 e. The van der Waals surface area contributed by atoms with Crippen LogP contribution >= 0.6 is 27.7 Å². The minimum absolute atomic E-state index is 0.168. The highest BCUT2D eigenvalue weighted by atomic mass is 79.9. The average molecular weight is 581 g/mol. The van der Waals surface area contributed by atoms with Crippen molar-refractivity contribution in [3.63, 3.8) is 0 Å². The number of halogens is 1. The summed E-state index contributed by atoms with van der Waals surface area (Å²) in [5.41, 5.74) is 5.55. The van der Waals surface area contributed by atoms with Crippen molar-refractivity contribution in [3.05, 3.63) is 89.4 Å². The smallest absolute Gasteiger partial charge is 0.202 e. The van der Waals surface area contributed by atoms with Gasteiger partial charge in [0.05, 0.1) is 32.1 Å². The standard InChI is InChI=1S/C23H18BrN5OS.C4H8O2/c1-16(30)22(27-25-19-14-12-18(24)13-15-19)31-23-28-26-21(17-8-4-2-5-9-17)29(23)20-10-6-3-7-11-20;1-2-6-4-3-5-1/h2-15,25H,1H3;1-4H2/b27-22+;. The van der Waals surface area contributed by atoms with E-state index >= 15 is 0 Å². The highest BCUT2D eigenvalue weighted by molar-refractivity contribution is 9.10. The number of ketones is 1. The fraction of sp³-hybridized carbons (Fsp3) is 0.185. The van der Waals surface area contributed by atoms with Crippen LogP contribution in [0.3, 0.4) is 0 Å². The molecule has 0 radical (unpaired) electrons. The molecule has 1 aliphatic rings. The van der Waals surface area contributed by atoms with Gasteiger partial charge < -0.3 is 9.47 Å². The number of hydrogen-bond donors (Lipinski definition) is 1. The fourth-order valence-corrected chi connectivity index (χ4v) is 4.30. The number of Topliss-reactive ketones (excluding diaryl/α,β-unsaturated/α-hetero) is 1. The lowest BCUT2D eigenvalue weighted by Crippen LogP contribution is -2.16. The minimum atomic E-state index is -0.168. The van der Waals surface area contributed by atoms with Gasteiger partial charge in [0, 0.05) is 22.6 Å². The molecule has 0 atom stereocenters. The number of ether oxygens (including phenoxy) is 2.